The highest BCUT2D eigenvalue weighted by Crippen LogP contribution is 2.28. The minimum absolute atomic E-state index is 0.735. The van der Waals surface area contributed by atoms with Crippen molar-refractivity contribution in [2.24, 2.45) is 0 Å². The Bertz CT molecular complexity index is 545. The maximum absolute atomic E-state index is 4.60. The first-order valence-corrected chi connectivity index (χ1v) is 9.67. The van der Waals surface area contributed by atoms with Crippen LogP contribution < -0.4 is 9.80 Å². The maximum Gasteiger partial charge on any atom is 0.134 e. The molecule has 4 aliphatic rings. The molecule has 5 rings (SSSR count). The van der Waals surface area contributed by atoms with Crippen LogP contribution in [0, 0.1) is 0 Å². The third kappa shape index (κ3) is 2.65. The monoisotopic (exact) mass is 328 g/mol. The van der Waals surface area contributed by atoms with Crippen LogP contribution in [0.15, 0.2) is 12.4 Å². The SMILES string of the molecule is c1nc(N2CCN3CCC[C@@H]3C2)cc(N2CCN3CCC[C@H]3C2)n1. The highest BCUT2D eigenvalue weighted by Gasteiger charge is 2.33. The van der Waals surface area contributed by atoms with Crippen LogP contribution in [0.5, 0.6) is 0 Å². The van der Waals surface area contributed by atoms with Crippen LogP contribution in [0.25, 0.3) is 0 Å². The van der Waals surface area contributed by atoms with Gasteiger partial charge in [0.15, 0.2) is 0 Å². The van der Waals surface area contributed by atoms with E-state index in [-0.39, 0.29) is 0 Å². The van der Waals surface area contributed by atoms with Gasteiger partial charge in [0.05, 0.1) is 0 Å². The molecule has 0 spiro atoms. The number of rotatable bonds is 2. The van der Waals surface area contributed by atoms with E-state index in [1.54, 1.807) is 6.33 Å². The second-order valence-electron chi connectivity index (χ2n) is 7.79. The van der Waals surface area contributed by atoms with Gasteiger partial charge in [-0.15, -0.1) is 0 Å². The van der Waals surface area contributed by atoms with Gasteiger partial charge >= 0.3 is 0 Å². The first-order chi connectivity index (χ1) is 11.9. The normalized spacial score (nSPS) is 31.3. The molecule has 0 amide bonds. The highest BCUT2D eigenvalue weighted by atomic mass is 15.3. The lowest BCUT2D eigenvalue weighted by Crippen LogP contribution is -2.51. The van der Waals surface area contributed by atoms with E-state index >= 15 is 0 Å². The van der Waals surface area contributed by atoms with E-state index in [9.17, 15) is 0 Å². The molecule has 6 nitrogen and oxygen atoms in total. The molecule has 0 saturated carbocycles. The summed E-state index contributed by atoms with van der Waals surface area (Å²) in [4.78, 5) is 19.4. The molecular weight excluding hydrogens is 300 g/mol. The van der Waals surface area contributed by atoms with Gasteiger partial charge in [-0.05, 0) is 38.8 Å². The standard InChI is InChI=1S/C18H28N6/c1-3-15-12-23(9-7-21(15)5-1)17-11-18(20-14-19-17)24-10-8-22-6-2-4-16(22)13-24/h11,14-16H,1-10,12-13H2/t15-,16+. The largest absolute Gasteiger partial charge is 0.354 e. The number of piperazine rings is 2. The Labute approximate surface area is 144 Å². The van der Waals surface area contributed by atoms with Crippen molar-refractivity contribution in [1.82, 2.24) is 19.8 Å². The molecule has 5 heterocycles. The molecule has 130 valence electrons. The Hall–Kier alpha value is -1.40. The third-order valence-electron chi connectivity index (χ3n) is 6.46. The van der Waals surface area contributed by atoms with Gasteiger partial charge in [-0.3, -0.25) is 9.80 Å². The second kappa shape index (κ2) is 6.15. The summed E-state index contributed by atoms with van der Waals surface area (Å²) in [6, 6.07) is 3.70. The number of hydrogen-bond acceptors (Lipinski definition) is 6. The van der Waals surface area contributed by atoms with Crippen LogP contribution in [0.2, 0.25) is 0 Å². The molecule has 0 aromatic carbocycles. The first kappa shape index (κ1) is 14.9. The number of anilines is 2. The van der Waals surface area contributed by atoms with E-state index < -0.39 is 0 Å². The predicted octanol–water partition coefficient (Wildman–Crippen LogP) is 1.05. The minimum Gasteiger partial charge on any atom is -0.354 e. The second-order valence-corrected chi connectivity index (χ2v) is 7.79. The Balaban J connectivity index is 1.31. The average Bonchev–Trinajstić information content (AvgIpc) is 3.29. The summed E-state index contributed by atoms with van der Waals surface area (Å²) in [5.41, 5.74) is 0. The van der Waals surface area contributed by atoms with Crippen molar-refractivity contribution in [3.05, 3.63) is 12.4 Å². The first-order valence-electron chi connectivity index (χ1n) is 9.67. The highest BCUT2D eigenvalue weighted by molar-refractivity contribution is 5.51. The molecular formula is C18H28N6. The fourth-order valence-corrected chi connectivity index (χ4v) is 5.08. The zero-order chi connectivity index (χ0) is 15.9. The van der Waals surface area contributed by atoms with Crippen LogP contribution in [0.1, 0.15) is 25.7 Å². The van der Waals surface area contributed by atoms with E-state index in [1.165, 1.54) is 51.9 Å². The van der Waals surface area contributed by atoms with Crippen molar-refractivity contribution in [3.8, 4) is 0 Å². The number of fused-ring (bicyclic) bond motifs is 2. The predicted molar refractivity (Wildman–Crippen MR) is 95.6 cm³/mol. The molecule has 1 aromatic heterocycles. The van der Waals surface area contributed by atoms with Gasteiger partial charge in [-0.2, -0.15) is 0 Å². The quantitative estimate of drug-likeness (QED) is 0.808. The van der Waals surface area contributed by atoms with Crippen molar-refractivity contribution >= 4 is 11.6 Å². The van der Waals surface area contributed by atoms with Crippen molar-refractivity contribution in [2.75, 3.05) is 62.2 Å². The number of hydrogen-bond donors (Lipinski definition) is 0. The summed E-state index contributed by atoms with van der Waals surface area (Å²) in [6.07, 6.45) is 7.18. The van der Waals surface area contributed by atoms with Crippen molar-refractivity contribution in [3.63, 3.8) is 0 Å². The van der Waals surface area contributed by atoms with Crippen LogP contribution in [-0.2, 0) is 0 Å². The average molecular weight is 328 g/mol. The molecule has 24 heavy (non-hydrogen) atoms. The summed E-state index contributed by atoms with van der Waals surface area (Å²) in [5, 5.41) is 0. The van der Waals surface area contributed by atoms with Crippen molar-refractivity contribution in [1.29, 1.82) is 0 Å². The van der Waals surface area contributed by atoms with Crippen molar-refractivity contribution < 1.29 is 0 Å². The molecule has 2 atom stereocenters. The zero-order valence-corrected chi connectivity index (χ0v) is 14.5. The fraction of sp³-hybridized carbons (Fsp3) is 0.778. The lowest BCUT2D eigenvalue weighted by atomic mass is 10.1. The van der Waals surface area contributed by atoms with Gasteiger partial charge < -0.3 is 9.80 Å². The van der Waals surface area contributed by atoms with Gasteiger partial charge in [-0.25, -0.2) is 9.97 Å². The lowest BCUT2D eigenvalue weighted by molar-refractivity contribution is 0.229. The molecule has 4 fully saturated rings. The van der Waals surface area contributed by atoms with Crippen LogP contribution in [0.4, 0.5) is 11.6 Å². The fourth-order valence-electron chi connectivity index (χ4n) is 5.08. The summed E-state index contributed by atoms with van der Waals surface area (Å²) in [7, 11) is 0. The van der Waals surface area contributed by atoms with Crippen LogP contribution in [-0.4, -0.2) is 84.2 Å². The zero-order valence-electron chi connectivity index (χ0n) is 14.5. The Kier molecular flexibility index (Phi) is 3.82. The molecule has 0 aliphatic carbocycles. The van der Waals surface area contributed by atoms with E-state index in [4.69, 9.17) is 0 Å². The summed E-state index contributed by atoms with van der Waals surface area (Å²) in [5.74, 6) is 2.25. The summed E-state index contributed by atoms with van der Waals surface area (Å²) < 4.78 is 0. The molecule has 6 heteroatoms. The molecule has 0 radical (unpaired) electrons. The van der Waals surface area contributed by atoms with Crippen LogP contribution >= 0.6 is 0 Å². The lowest BCUT2D eigenvalue weighted by Gasteiger charge is -2.39. The van der Waals surface area contributed by atoms with E-state index in [2.05, 4.69) is 35.6 Å². The third-order valence-corrected chi connectivity index (χ3v) is 6.46. The molecule has 0 N–H and O–H groups in total. The van der Waals surface area contributed by atoms with Gasteiger partial charge in [0.25, 0.3) is 0 Å². The molecule has 4 saturated heterocycles. The van der Waals surface area contributed by atoms with Gasteiger partial charge in [0.2, 0.25) is 0 Å². The van der Waals surface area contributed by atoms with Gasteiger partial charge in [0.1, 0.15) is 18.0 Å². The Morgan fingerprint density at radius 3 is 1.79 bits per heavy atom. The topological polar surface area (TPSA) is 38.7 Å². The van der Waals surface area contributed by atoms with E-state index in [1.807, 2.05) is 0 Å². The number of nitrogens with zero attached hydrogens (tertiary/aromatic N) is 6. The van der Waals surface area contributed by atoms with Gasteiger partial charge in [-0.1, -0.05) is 0 Å². The molecule has 4 aliphatic heterocycles. The molecule has 0 unspecified atom stereocenters. The smallest absolute Gasteiger partial charge is 0.134 e. The van der Waals surface area contributed by atoms with Crippen molar-refractivity contribution in [2.45, 2.75) is 37.8 Å². The van der Waals surface area contributed by atoms with E-state index in [0.29, 0.717) is 0 Å². The minimum atomic E-state index is 0.735. The summed E-state index contributed by atoms with van der Waals surface area (Å²) in [6.45, 7) is 9.42. The Morgan fingerprint density at radius 1 is 0.708 bits per heavy atom. The van der Waals surface area contributed by atoms with Crippen LogP contribution in [0.3, 0.4) is 0 Å². The van der Waals surface area contributed by atoms with Gasteiger partial charge in [0, 0.05) is 57.4 Å². The molecule has 1 aromatic rings. The number of aromatic nitrogens is 2. The maximum atomic E-state index is 4.60. The summed E-state index contributed by atoms with van der Waals surface area (Å²) >= 11 is 0. The van der Waals surface area contributed by atoms with E-state index in [0.717, 1.165) is 49.9 Å². The Morgan fingerprint density at radius 2 is 1.25 bits per heavy atom. The molecule has 0 bridgehead atoms.